The van der Waals surface area contributed by atoms with Gasteiger partial charge in [0.2, 0.25) is 0 Å². The predicted octanol–water partition coefficient (Wildman–Crippen LogP) is 3.71. The molecule has 1 atom stereocenters. The molecule has 0 aliphatic carbocycles. The van der Waals surface area contributed by atoms with Crippen LogP contribution in [0.15, 0.2) is 22.7 Å². The Morgan fingerprint density at radius 3 is 2.65 bits per heavy atom. The largest absolute Gasteiger partial charge is 0.371 e. The highest BCUT2D eigenvalue weighted by Crippen LogP contribution is 2.36. The first kappa shape index (κ1) is 12.9. The van der Waals surface area contributed by atoms with Crippen LogP contribution in [0.3, 0.4) is 0 Å². The molecule has 0 aromatic heterocycles. The molecule has 1 aromatic carbocycles. The lowest BCUT2D eigenvalue weighted by molar-refractivity contribution is 0.418. The van der Waals surface area contributed by atoms with Crippen molar-refractivity contribution in [2.75, 3.05) is 18.0 Å². The van der Waals surface area contributed by atoms with Crippen LogP contribution in [0.2, 0.25) is 0 Å². The first-order valence-corrected chi connectivity index (χ1v) is 6.98. The molecule has 3 heteroatoms. The third-order valence-electron chi connectivity index (χ3n) is 3.50. The van der Waals surface area contributed by atoms with Crippen molar-refractivity contribution in [1.82, 2.24) is 0 Å². The van der Waals surface area contributed by atoms with Crippen LogP contribution in [-0.2, 0) is 0 Å². The average molecular weight is 297 g/mol. The second-order valence-electron chi connectivity index (χ2n) is 5.83. The molecule has 2 rings (SSSR count). The Bertz CT molecular complexity index is 413. The van der Waals surface area contributed by atoms with Crippen molar-refractivity contribution in [2.45, 2.75) is 33.2 Å². The van der Waals surface area contributed by atoms with Gasteiger partial charge in [0, 0.05) is 29.3 Å². The zero-order chi connectivity index (χ0) is 12.6. The first-order chi connectivity index (χ1) is 7.89. The van der Waals surface area contributed by atoms with Crippen LogP contribution in [0.4, 0.5) is 5.69 Å². The average Bonchev–Trinajstić information content (AvgIpc) is 2.58. The molecule has 2 nitrogen and oxygen atoms in total. The molecule has 2 N–H and O–H groups in total. The van der Waals surface area contributed by atoms with Crippen molar-refractivity contribution in [3.8, 4) is 0 Å². The molecule has 0 radical (unpaired) electrons. The van der Waals surface area contributed by atoms with Crippen LogP contribution >= 0.6 is 15.9 Å². The zero-order valence-corrected chi connectivity index (χ0v) is 12.4. The molecule has 0 bridgehead atoms. The highest BCUT2D eigenvalue weighted by molar-refractivity contribution is 9.10. The lowest BCUT2D eigenvalue weighted by atomic mass is 9.93. The first-order valence-electron chi connectivity index (χ1n) is 6.19. The van der Waals surface area contributed by atoms with E-state index in [0.29, 0.717) is 5.41 Å². The minimum absolute atomic E-state index is 0.0752. The van der Waals surface area contributed by atoms with Gasteiger partial charge in [0.25, 0.3) is 0 Å². The van der Waals surface area contributed by atoms with Gasteiger partial charge in [0.05, 0.1) is 0 Å². The van der Waals surface area contributed by atoms with Crippen molar-refractivity contribution in [3.05, 3.63) is 28.2 Å². The lowest BCUT2D eigenvalue weighted by Crippen LogP contribution is -2.24. The van der Waals surface area contributed by atoms with Gasteiger partial charge in [-0.2, -0.15) is 0 Å². The maximum atomic E-state index is 6.07. The Labute approximate surface area is 112 Å². The summed E-state index contributed by atoms with van der Waals surface area (Å²) in [4.78, 5) is 2.46. The van der Waals surface area contributed by atoms with Crippen LogP contribution in [-0.4, -0.2) is 13.1 Å². The smallest absolute Gasteiger partial charge is 0.0415 e. The van der Waals surface area contributed by atoms with Gasteiger partial charge in [-0.1, -0.05) is 29.8 Å². The molecule has 0 saturated carbocycles. The Morgan fingerprint density at radius 1 is 1.41 bits per heavy atom. The molecule has 1 aromatic rings. The molecule has 1 heterocycles. The molecule has 0 amide bonds. The summed E-state index contributed by atoms with van der Waals surface area (Å²) in [5, 5.41) is 0. The fourth-order valence-electron chi connectivity index (χ4n) is 2.50. The van der Waals surface area contributed by atoms with Gasteiger partial charge in [-0.25, -0.2) is 0 Å². The van der Waals surface area contributed by atoms with Crippen molar-refractivity contribution >= 4 is 21.6 Å². The standard InChI is InChI=1S/C14H21BrN2/c1-10(16)12-8-11(15)4-5-13(12)17-7-6-14(2,3)9-17/h4-5,8,10H,6-7,9,16H2,1-3H3. The fourth-order valence-corrected chi connectivity index (χ4v) is 2.87. The van der Waals surface area contributed by atoms with E-state index in [0.717, 1.165) is 17.6 Å². The number of anilines is 1. The number of hydrogen-bond donors (Lipinski definition) is 1. The van der Waals surface area contributed by atoms with Crippen molar-refractivity contribution in [3.63, 3.8) is 0 Å². The molecule has 94 valence electrons. The Balaban J connectivity index is 2.33. The van der Waals surface area contributed by atoms with Crippen molar-refractivity contribution in [1.29, 1.82) is 0 Å². The SMILES string of the molecule is CC(N)c1cc(Br)ccc1N1CCC(C)(C)C1. The van der Waals surface area contributed by atoms with E-state index >= 15 is 0 Å². The van der Waals surface area contributed by atoms with Crippen LogP contribution in [0.5, 0.6) is 0 Å². The van der Waals surface area contributed by atoms with Gasteiger partial charge in [-0.05, 0) is 42.5 Å². The maximum Gasteiger partial charge on any atom is 0.0415 e. The molecule has 17 heavy (non-hydrogen) atoms. The lowest BCUT2D eigenvalue weighted by Gasteiger charge is -2.25. The van der Waals surface area contributed by atoms with Crippen molar-refractivity contribution in [2.24, 2.45) is 11.1 Å². The Kier molecular flexibility index (Phi) is 3.50. The van der Waals surface area contributed by atoms with Crippen LogP contribution in [0.1, 0.15) is 38.8 Å². The van der Waals surface area contributed by atoms with Crippen LogP contribution in [0, 0.1) is 5.41 Å². The summed E-state index contributed by atoms with van der Waals surface area (Å²) in [7, 11) is 0. The van der Waals surface area contributed by atoms with E-state index in [4.69, 9.17) is 5.73 Å². The maximum absolute atomic E-state index is 6.07. The summed E-state index contributed by atoms with van der Waals surface area (Å²) in [6, 6.07) is 6.51. The molecule has 1 aliphatic heterocycles. The molecule has 1 aliphatic rings. The minimum atomic E-state index is 0.0752. The minimum Gasteiger partial charge on any atom is -0.371 e. The second kappa shape index (κ2) is 4.62. The molecule has 0 spiro atoms. The number of nitrogens with two attached hydrogens (primary N) is 1. The summed E-state index contributed by atoms with van der Waals surface area (Å²) >= 11 is 3.52. The van der Waals surface area contributed by atoms with Crippen molar-refractivity contribution < 1.29 is 0 Å². The molecule has 1 unspecified atom stereocenters. The van der Waals surface area contributed by atoms with Gasteiger partial charge >= 0.3 is 0 Å². The Hall–Kier alpha value is -0.540. The second-order valence-corrected chi connectivity index (χ2v) is 6.74. The number of rotatable bonds is 2. The van der Waals surface area contributed by atoms with Gasteiger partial charge in [-0.3, -0.25) is 0 Å². The van der Waals surface area contributed by atoms with E-state index in [1.54, 1.807) is 0 Å². The molecular formula is C14H21BrN2. The zero-order valence-electron chi connectivity index (χ0n) is 10.8. The quantitative estimate of drug-likeness (QED) is 0.901. The summed E-state index contributed by atoms with van der Waals surface area (Å²) in [6.07, 6.45) is 1.25. The van der Waals surface area contributed by atoms with Gasteiger partial charge in [-0.15, -0.1) is 0 Å². The molecule has 1 fully saturated rings. The predicted molar refractivity (Wildman–Crippen MR) is 77.4 cm³/mol. The third kappa shape index (κ3) is 2.83. The monoisotopic (exact) mass is 296 g/mol. The van der Waals surface area contributed by atoms with Gasteiger partial charge in [0.15, 0.2) is 0 Å². The number of benzene rings is 1. The van der Waals surface area contributed by atoms with Crippen LogP contribution in [0.25, 0.3) is 0 Å². The highest BCUT2D eigenvalue weighted by Gasteiger charge is 2.30. The van der Waals surface area contributed by atoms with E-state index in [1.165, 1.54) is 17.7 Å². The normalized spacial score (nSPS) is 20.6. The summed E-state index contributed by atoms with van der Waals surface area (Å²) in [6.45, 7) is 8.96. The van der Waals surface area contributed by atoms with E-state index in [-0.39, 0.29) is 6.04 Å². The summed E-state index contributed by atoms with van der Waals surface area (Å²) in [5.74, 6) is 0. The fraction of sp³-hybridized carbons (Fsp3) is 0.571. The summed E-state index contributed by atoms with van der Waals surface area (Å²) in [5.41, 5.74) is 9.02. The topological polar surface area (TPSA) is 29.3 Å². The van der Waals surface area contributed by atoms with E-state index in [2.05, 4.69) is 52.9 Å². The van der Waals surface area contributed by atoms with E-state index in [1.807, 2.05) is 6.92 Å². The van der Waals surface area contributed by atoms with E-state index < -0.39 is 0 Å². The molecule has 1 saturated heterocycles. The number of hydrogen-bond acceptors (Lipinski definition) is 2. The number of nitrogens with zero attached hydrogens (tertiary/aromatic N) is 1. The van der Waals surface area contributed by atoms with E-state index in [9.17, 15) is 0 Å². The third-order valence-corrected chi connectivity index (χ3v) is 3.99. The summed E-state index contributed by atoms with van der Waals surface area (Å²) < 4.78 is 1.10. The van der Waals surface area contributed by atoms with Crippen LogP contribution < -0.4 is 10.6 Å². The highest BCUT2D eigenvalue weighted by atomic mass is 79.9. The molecular weight excluding hydrogens is 276 g/mol. The van der Waals surface area contributed by atoms with Gasteiger partial charge in [0.1, 0.15) is 0 Å². The van der Waals surface area contributed by atoms with Gasteiger partial charge < -0.3 is 10.6 Å². The Morgan fingerprint density at radius 2 is 2.12 bits per heavy atom. The number of halogens is 1.